The first-order valence-corrected chi connectivity index (χ1v) is 11.3. The van der Waals surface area contributed by atoms with E-state index in [0.29, 0.717) is 25.8 Å². The Morgan fingerprint density at radius 3 is 1.82 bits per heavy atom. The van der Waals surface area contributed by atoms with Crippen LogP contribution in [0.15, 0.2) is 76.5 Å². The Morgan fingerprint density at radius 2 is 1.30 bits per heavy atom. The molecule has 2 rings (SSSR count). The second-order valence-corrected chi connectivity index (χ2v) is 8.73. The quantitative estimate of drug-likeness (QED) is 0.266. The van der Waals surface area contributed by atoms with Gasteiger partial charge in [-0.1, -0.05) is 74.5 Å². The van der Waals surface area contributed by atoms with Crippen molar-refractivity contribution in [2.45, 2.75) is 45.2 Å². The molecule has 0 unspecified atom stereocenters. The summed E-state index contributed by atoms with van der Waals surface area (Å²) in [4.78, 5) is 34.8. The van der Waals surface area contributed by atoms with Crippen LogP contribution in [0.2, 0.25) is 0 Å². The zero-order chi connectivity index (χ0) is 24.1. The van der Waals surface area contributed by atoms with Crippen LogP contribution in [0.3, 0.4) is 0 Å². The summed E-state index contributed by atoms with van der Waals surface area (Å²) < 4.78 is 0. The van der Waals surface area contributed by atoms with Crippen LogP contribution in [0.4, 0.5) is 0 Å². The molecule has 9 heteroatoms. The van der Waals surface area contributed by atoms with Gasteiger partial charge in [-0.15, -0.1) is 14.7 Å². The van der Waals surface area contributed by atoms with E-state index in [1.54, 1.807) is 7.05 Å². The van der Waals surface area contributed by atoms with Gasteiger partial charge in [0.25, 0.3) is 0 Å². The first kappa shape index (κ1) is 25.9. The lowest BCUT2D eigenvalue weighted by Gasteiger charge is -2.34. The minimum atomic E-state index is -0.384. The van der Waals surface area contributed by atoms with E-state index in [0.717, 1.165) is 11.1 Å². The van der Waals surface area contributed by atoms with Gasteiger partial charge in [-0.05, 0) is 36.3 Å². The van der Waals surface area contributed by atoms with Crippen LogP contribution in [0.5, 0.6) is 0 Å². The summed E-state index contributed by atoms with van der Waals surface area (Å²) in [6.45, 7) is 5.04. The van der Waals surface area contributed by atoms with Crippen molar-refractivity contribution in [3.8, 4) is 0 Å². The molecular formula is C24H34N6O3. The van der Waals surface area contributed by atoms with Gasteiger partial charge in [0.2, 0.25) is 0 Å². The maximum atomic E-state index is 11.9. The van der Waals surface area contributed by atoms with Gasteiger partial charge in [-0.2, -0.15) is 0 Å². The molecule has 0 aromatic heterocycles. The van der Waals surface area contributed by atoms with E-state index >= 15 is 0 Å². The highest BCUT2D eigenvalue weighted by atomic mass is 16.3. The van der Waals surface area contributed by atoms with Crippen molar-refractivity contribution in [2.24, 2.45) is 21.8 Å². The molecule has 0 N–H and O–H groups in total. The lowest BCUT2D eigenvalue weighted by atomic mass is 10.0. The fourth-order valence-electron chi connectivity index (χ4n) is 3.97. The van der Waals surface area contributed by atoms with Crippen LogP contribution in [-0.4, -0.2) is 53.8 Å². The molecular weight excluding hydrogens is 420 g/mol. The number of rotatable bonds is 16. The van der Waals surface area contributed by atoms with Crippen molar-refractivity contribution in [2.75, 3.05) is 26.7 Å². The molecule has 2 aromatic carbocycles. The summed E-state index contributed by atoms with van der Waals surface area (Å²) in [6.07, 6.45) is 1.85. The molecule has 33 heavy (non-hydrogen) atoms. The predicted molar refractivity (Wildman–Crippen MR) is 131 cm³/mol. The molecule has 2 aromatic rings. The fraction of sp³-hybridized carbons (Fsp3) is 0.500. The summed E-state index contributed by atoms with van der Waals surface area (Å²) in [5.74, 6) is 0.288. The first-order valence-electron chi connectivity index (χ1n) is 11.3. The van der Waals surface area contributed by atoms with Gasteiger partial charge in [-0.25, -0.2) is 0 Å². The smallest absolute Gasteiger partial charge is 0.0736 e. The molecule has 0 radical (unpaired) electrons. The molecule has 0 aliphatic carbocycles. The Labute approximate surface area is 195 Å². The highest BCUT2D eigenvalue weighted by Gasteiger charge is 2.28. The first-order chi connectivity index (χ1) is 16.0. The highest BCUT2D eigenvalue weighted by molar-refractivity contribution is 5.16. The largest absolute Gasteiger partial charge is 0.262 e. The van der Waals surface area contributed by atoms with E-state index in [-0.39, 0.29) is 31.1 Å². The van der Waals surface area contributed by atoms with Crippen molar-refractivity contribution in [1.29, 1.82) is 0 Å². The molecule has 0 bridgehead atoms. The van der Waals surface area contributed by atoms with Gasteiger partial charge in [-0.3, -0.25) is 15.0 Å². The topological polar surface area (TPSA) is 98.0 Å². The summed E-state index contributed by atoms with van der Waals surface area (Å²) >= 11 is 0. The Bertz CT molecular complexity index is 837. The third-order valence-corrected chi connectivity index (χ3v) is 5.59. The maximum absolute atomic E-state index is 11.9. The van der Waals surface area contributed by atoms with Gasteiger partial charge >= 0.3 is 0 Å². The van der Waals surface area contributed by atoms with Gasteiger partial charge in [0, 0.05) is 13.6 Å². The normalized spacial score (nSPS) is 12.6. The second-order valence-electron chi connectivity index (χ2n) is 8.73. The minimum Gasteiger partial charge on any atom is -0.262 e. The maximum Gasteiger partial charge on any atom is 0.0736 e. The summed E-state index contributed by atoms with van der Waals surface area (Å²) in [5, 5.41) is 13.8. The zero-order valence-electron chi connectivity index (χ0n) is 19.7. The van der Waals surface area contributed by atoms with E-state index in [1.165, 1.54) is 15.0 Å². The van der Waals surface area contributed by atoms with Crippen molar-refractivity contribution in [1.82, 2.24) is 15.0 Å². The number of likely N-dealkylation sites (N-methyl/N-ethyl adjacent to an activating group) is 1. The van der Waals surface area contributed by atoms with E-state index in [1.807, 2.05) is 60.7 Å². The predicted octanol–water partition coefficient (Wildman–Crippen LogP) is 4.84. The molecule has 2 atom stereocenters. The van der Waals surface area contributed by atoms with Crippen LogP contribution < -0.4 is 0 Å². The summed E-state index contributed by atoms with van der Waals surface area (Å²) in [5.41, 5.74) is 2.13. The molecule has 0 spiro atoms. The van der Waals surface area contributed by atoms with E-state index in [9.17, 15) is 14.7 Å². The highest BCUT2D eigenvalue weighted by Crippen LogP contribution is 2.19. The van der Waals surface area contributed by atoms with E-state index in [4.69, 9.17) is 0 Å². The number of hydrogen-bond donors (Lipinski definition) is 0. The minimum absolute atomic E-state index is 0.229. The Hall–Kier alpha value is -3.36. The van der Waals surface area contributed by atoms with Gasteiger partial charge in [0.1, 0.15) is 0 Å². The fourth-order valence-corrected chi connectivity index (χ4v) is 3.97. The third kappa shape index (κ3) is 8.96. The number of benzene rings is 2. The Balaban J connectivity index is 2.19. The van der Waals surface area contributed by atoms with Crippen LogP contribution in [0.25, 0.3) is 0 Å². The van der Waals surface area contributed by atoms with Crippen LogP contribution in [0, 0.1) is 20.6 Å². The van der Waals surface area contributed by atoms with Crippen molar-refractivity contribution >= 4 is 0 Å². The van der Waals surface area contributed by atoms with Gasteiger partial charge in [0.15, 0.2) is 0 Å². The standard InChI is InChI=1S/C24H34N6O3/c1-20(2)16-23(29(26-32)15-14-21-10-6-4-7-11-21)19-30(27-33)24(18-28(3)25-31)17-22-12-8-5-9-13-22/h4-13,20,23-24H,14-19H2,1-3H3/t23-,24-/m0/s1. The number of hydrogen-bond acceptors (Lipinski definition) is 6. The lowest BCUT2D eigenvalue weighted by Crippen LogP contribution is -2.47. The second kappa shape index (κ2) is 13.9. The Kier molecular flexibility index (Phi) is 10.9. The SMILES string of the molecule is CC(C)C[C@@H](CN(N=O)[C@@H](Cc1ccccc1)CN(C)N=O)N(CCc1ccccc1)N=O. The lowest BCUT2D eigenvalue weighted by molar-refractivity contribution is 0.0852. The third-order valence-electron chi connectivity index (χ3n) is 5.59. The van der Waals surface area contributed by atoms with Gasteiger partial charge < -0.3 is 0 Å². The molecule has 0 fully saturated rings. The molecule has 0 saturated carbocycles. The van der Waals surface area contributed by atoms with Crippen molar-refractivity contribution < 1.29 is 0 Å². The molecule has 0 aliphatic heterocycles. The molecule has 9 nitrogen and oxygen atoms in total. The Morgan fingerprint density at radius 1 is 0.727 bits per heavy atom. The van der Waals surface area contributed by atoms with E-state index in [2.05, 4.69) is 29.7 Å². The van der Waals surface area contributed by atoms with Crippen molar-refractivity contribution in [3.63, 3.8) is 0 Å². The summed E-state index contributed by atoms with van der Waals surface area (Å²) in [7, 11) is 1.57. The zero-order valence-corrected chi connectivity index (χ0v) is 19.7. The average molecular weight is 455 g/mol. The molecule has 178 valence electrons. The summed E-state index contributed by atoms with van der Waals surface area (Å²) in [6, 6.07) is 18.9. The number of nitrogens with zero attached hydrogens (tertiary/aromatic N) is 6. The van der Waals surface area contributed by atoms with Crippen LogP contribution in [-0.2, 0) is 12.8 Å². The monoisotopic (exact) mass is 454 g/mol. The van der Waals surface area contributed by atoms with Gasteiger partial charge in [0.05, 0.1) is 41.0 Å². The molecule has 0 amide bonds. The molecule has 0 saturated heterocycles. The van der Waals surface area contributed by atoms with Crippen molar-refractivity contribution in [3.05, 3.63) is 86.5 Å². The average Bonchev–Trinajstić information content (AvgIpc) is 2.83. The number of nitroso groups, excluding NO2 is 3. The van der Waals surface area contributed by atoms with Crippen LogP contribution in [0.1, 0.15) is 31.4 Å². The molecule has 0 aliphatic rings. The van der Waals surface area contributed by atoms with E-state index < -0.39 is 0 Å². The van der Waals surface area contributed by atoms with Crippen LogP contribution >= 0.6 is 0 Å². The molecule has 0 heterocycles.